The van der Waals surface area contributed by atoms with Gasteiger partial charge < -0.3 is 10.1 Å². The molecule has 1 aromatic carbocycles. The van der Waals surface area contributed by atoms with Crippen LogP contribution in [0, 0.1) is 0 Å². The van der Waals surface area contributed by atoms with E-state index in [1.807, 2.05) is 53.3 Å². The Labute approximate surface area is 164 Å². The second kappa shape index (κ2) is 8.67. The predicted octanol–water partition coefficient (Wildman–Crippen LogP) is 3.17. The van der Waals surface area contributed by atoms with Crippen LogP contribution >= 0.6 is 0 Å². The highest BCUT2D eigenvalue weighted by atomic mass is 16.5. The van der Waals surface area contributed by atoms with E-state index in [1.54, 1.807) is 18.6 Å². The van der Waals surface area contributed by atoms with Gasteiger partial charge in [0, 0.05) is 30.3 Å². The molecule has 1 fully saturated rings. The molecule has 0 bridgehead atoms. The quantitative estimate of drug-likeness (QED) is 0.685. The van der Waals surface area contributed by atoms with E-state index in [1.165, 1.54) is 0 Å². The average molecular weight is 377 g/mol. The highest BCUT2D eigenvalue weighted by molar-refractivity contribution is 5.92. The van der Waals surface area contributed by atoms with Gasteiger partial charge in [-0.25, -0.2) is 0 Å². The average Bonchev–Trinajstić information content (AvgIpc) is 3.37. The number of carbonyl (C=O) groups excluding carboxylic acids is 1. The van der Waals surface area contributed by atoms with E-state index >= 15 is 0 Å². The first-order chi connectivity index (χ1) is 13.8. The van der Waals surface area contributed by atoms with Crippen molar-refractivity contribution in [3.63, 3.8) is 0 Å². The monoisotopic (exact) mass is 377 g/mol. The zero-order valence-electron chi connectivity index (χ0n) is 15.6. The van der Waals surface area contributed by atoms with E-state index < -0.39 is 0 Å². The summed E-state index contributed by atoms with van der Waals surface area (Å²) in [5.74, 6) is 1.37. The Hall–Kier alpha value is -3.19. The van der Waals surface area contributed by atoms with Crippen molar-refractivity contribution in [2.75, 3.05) is 18.4 Å². The van der Waals surface area contributed by atoms with E-state index in [0.29, 0.717) is 24.1 Å². The number of aromatic nitrogens is 3. The Morgan fingerprint density at radius 3 is 2.79 bits per heavy atom. The number of benzene rings is 1. The lowest BCUT2D eigenvalue weighted by Crippen LogP contribution is -2.39. The molecule has 1 aliphatic rings. The number of hydrogen-bond acceptors (Lipinski definition) is 5. The van der Waals surface area contributed by atoms with E-state index in [0.717, 1.165) is 31.6 Å². The second-order valence-corrected chi connectivity index (χ2v) is 6.86. The van der Waals surface area contributed by atoms with Crippen molar-refractivity contribution in [3.05, 3.63) is 67.3 Å². The van der Waals surface area contributed by atoms with E-state index in [9.17, 15) is 4.79 Å². The van der Waals surface area contributed by atoms with Crippen LogP contribution in [0.5, 0.6) is 11.5 Å². The highest BCUT2D eigenvalue weighted by Crippen LogP contribution is 2.22. The highest BCUT2D eigenvalue weighted by Gasteiger charge is 2.26. The molecule has 28 heavy (non-hydrogen) atoms. The Bertz CT molecular complexity index is 881. The fraction of sp³-hybridized carbons (Fsp3) is 0.286. The van der Waals surface area contributed by atoms with Gasteiger partial charge in [0.1, 0.15) is 11.5 Å². The maximum absolute atomic E-state index is 12.5. The second-order valence-electron chi connectivity index (χ2n) is 6.86. The summed E-state index contributed by atoms with van der Waals surface area (Å²) in [5.41, 5.74) is 0.756. The molecule has 3 aromatic rings. The van der Waals surface area contributed by atoms with Gasteiger partial charge in [0.15, 0.2) is 0 Å². The summed E-state index contributed by atoms with van der Waals surface area (Å²) in [5, 5.41) is 7.24. The molecule has 1 amide bonds. The largest absolute Gasteiger partial charge is 0.456 e. The van der Waals surface area contributed by atoms with Crippen LogP contribution in [0.1, 0.15) is 12.8 Å². The third-order valence-corrected chi connectivity index (χ3v) is 4.81. The number of carbonyl (C=O) groups is 1. The van der Waals surface area contributed by atoms with Crippen LogP contribution in [0.15, 0.2) is 67.3 Å². The Morgan fingerprint density at radius 2 is 2.04 bits per heavy atom. The number of nitrogens with one attached hydrogen (secondary N) is 1. The van der Waals surface area contributed by atoms with Crippen LogP contribution in [0.3, 0.4) is 0 Å². The molecule has 7 heteroatoms. The lowest BCUT2D eigenvalue weighted by atomic mass is 10.2. The summed E-state index contributed by atoms with van der Waals surface area (Å²) in [6.07, 6.45) is 9.31. The van der Waals surface area contributed by atoms with E-state index in [-0.39, 0.29) is 5.91 Å². The molecule has 2 aromatic heterocycles. The molecule has 0 radical (unpaired) electrons. The topological polar surface area (TPSA) is 72.3 Å². The van der Waals surface area contributed by atoms with Crippen molar-refractivity contribution in [3.8, 4) is 11.5 Å². The zero-order chi connectivity index (χ0) is 19.2. The fourth-order valence-electron chi connectivity index (χ4n) is 3.47. The third-order valence-electron chi connectivity index (χ3n) is 4.81. The van der Waals surface area contributed by atoms with Gasteiger partial charge in [-0.3, -0.25) is 19.4 Å². The van der Waals surface area contributed by atoms with Crippen LogP contribution < -0.4 is 10.1 Å². The summed E-state index contributed by atoms with van der Waals surface area (Å²) in [7, 11) is 0. The van der Waals surface area contributed by atoms with Gasteiger partial charge >= 0.3 is 0 Å². The lowest BCUT2D eigenvalue weighted by Gasteiger charge is -2.23. The third kappa shape index (κ3) is 4.75. The number of anilines is 1. The molecule has 1 saturated heterocycles. The molecule has 4 rings (SSSR count). The summed E-state index contributed by atoms with van der Waals surface area (Å²) >= 11 is 0. The van der Waals surface area contributed by atoms with Crippen LogP contribution in [0.4, 0.5) is 5.69 Å². The number of amides is 1. The van der Waals surface area contributed by atoms with Gasteiger partial charge in [0.25, 0.3) is 0 Å². The first-order valence-corrected chi connectivity index (χ1v) is 9.45. The maximum atomic E-state index is 12.5. The Balaban J connectivity index is 1.29. The first kappa shape index (κ1) is 18.2. The van der Waals surface area contributed by atoms with Crippen LogP contribution in [0.2, 0.25) is 0 Å². The maximum Gasteiger partial charge on any atom is 0.238 e. The predicted molar refractivity (Wildman–Crippen MR) is 106 cm³/mol. The molecular formula is C21H23N5O2. The minimum atomic E-state index is -0.00621. The normalized spacial score (nSPS) is 16.8. The van der Waals surface area contributed by atoms with Crippen molar-refractivity contribution in [2.24, 2.45) is 0 Å². The Morgan fingerprint density at radius 1 is 1.14 bits per heavy atom. The number of pyridine rings is 1. The number of ether oxygens (including phenoxy) is 1. The first-order valence-electron chi connectivity index (χ1n) is 9.45. The van der Waals surface area contributed by atoms with Crippen molar-refractivity contribution in [2.45, 2.75) is 25.4 Å². The van der Waals surface area contributed by atoms with E-state index in [4.69, 9.17) is 4.74 Å². The summed E-state index contributed by atoms with van der Waals surface area (Å²) in [6, 6.07) is 13.3. The summed E-state index contributed by atoms with van der Waals surface area (Å²) < 4.78 is 7.65. The van der Waals surface area contributed by atoms with Crippen molar-refractivity contribution < 1.29 is 9.53 Å². The minimum absolute atomic E-state index is 0.00621. The molecule has 0 spiro atoms. The molecule has 7 nitrogen and oxygen atoms in total. The SMILES string of the molecule is O=C(CN1CCC[C@H]1Cn1cccn1)Nc1ccc(Oc2cccnc2)cc1. The van der Waals surface area contributed by atoms with Crippen LogP contribution in [-0.2, 0) is 11.3 Å². The standard InChI is InChI=1S/C21H23N5O2/c27-21(16-25-12-2-4-18(25)15-26-13-3-11-23-26)24-17-6-8-19(9-7-17)28-20-5-1-10-22-14-20/h1,3,5-11,13-14,18H,2,4,12,15-16H2,(H,24,27)/t18-/m0/s1. The Kier molecular flexibility index (Phi) is 5.63. The molecule has 0 aliphatic carbocycles. The van der Waals surface area contributed by atoms with E-state index in [2.05, 4.69) is 20.3 Å². The summed E-state index contributed by atoms with van der Waals surface area (Å²) in [4.78, 5) is 18.7. The molecule has 3 heterocycles. The molecule has 0 saturated carbocycles. The number of hydrogen-bond donors (Lipinski definition) is 1. The molecule has 1 atom stereocenters. The van der Waals surface area contributed by atoms with Crippen molar-refractivity contribution in [1.29, 1.82) is 0 Å². The van der Waals surface area contributed by atoms with Gasteiger partial charge in [-0.2, -0.15) is 5.10 Å². The smallest absolute Gasteiger partial charge is 0.238 e. The number of nitrogens with zero attached hydrogens (tertiary/aromatic N) is 4. The molecule has 1 N–H and O–H groups in total. The van der Waals surface area contributed by atoms with Gasteiger partial charge in [0.2, 0.25) is 5.91 Å². The van der Waals surface area contributed by atoms with Crippen molar-refractivity contribution >= 4 is 11.6 Å². The molecule has 1 aliphatic heterocycles. The molecule has 0 unspecified atom stereocenters. The van der Waals surface area contributed by atoms with Gasteiger partial charge in [-0.1, -0.05) is 0 Å². The zero-order valence-corrected chi connectivity index (χ0v) is 15.6. The molecule has 144 valence electrons. The lowest BCUT2D eigenvalue weighted by molar-refractivity contribution is -0.117. The van der Waals surface area contributed by atoms with Crippen LogP contribution in [-0.4, -0.2) is 44.7 Å². The van der Waals surface area contributed by atoms with Crippen LogP contribution in [0.25, 0.3) is 0 Å². The number of rotatable bonds is 7. The van der Waals surface area contributed by atoms with Gasteiger partial charge in [-0.15, -0.1) is 0 Å². The van der Waals surface area contributed by atoms with Crippen molar-refractivity contribution in [1.82, 2.24) is 19.7 Å². The molecular weight excluding hydrogens is 354 g/mol. The minimum Gasteiger partial charge on any atom is -0.456 e. The van der Waals surface area contributed by atoms with Gasteiger partial charge in [0.05, 0.1) is 19.3 Å². The van der Waals surface area contributed by atoms with Gasteiger partial charge in [-0.05, 0) is 61.9 Å². The number of likely N-dealkylation sites (tertiary alicyclic amines) is 1. The fourth-order valence-corrected chi connectivity index (χ4v) is 3.47. The summed E-state index contributed by atoms with van der Waals surface area (Å²) in [6.45, 7) is 2.15.